The van der Waals surface area contributed by atoms with Gasteiger partial charge < -0.3 is 4.42 Å². The van der Waals surface area contributed by atoms with Crippen LogP contribution in [0.2, 0.25) is 0 Å². The van der Waals surface area contributed by atoms with Crippen molar-refractivity contribution < 1.29 is 18.4 Å². The third-order valence-electron chi connectivity index (χ3n) is 5.98. The minimum absolute atomic E-state index is 0.00323. The fourth-order valence-electron chi connectivity index (χ4n) is 4.30. The number of carbonyl (C=O) groups is 2. The van der Waals surface area contributed by atoms with Crippen molar-refractivity contribution in [3.05, 3.63) is 78.3 Å². The quantitative estimate of drug-likeness (QED) is 0.475. The minimum atomic E-state index is -0.264. The van der Waals surface area contributed by atoms with Crippen molar-refractivity contribution in [1.82, 2.24) is 4.98 Å². The van der Waals surface area contributed by atoms with Gasteiger partial charge in [0.2, 0.25) is 0 Å². The van der Waals surface area contributed by atoms with Crippen molar-refractivity contribution in [1.29, 1.82) is 0 Å². The standard InChI is InChI=1S/C25H24FNO3/c26-22-7-2-1-6-21(22)20-5-3-4-18(12-20)14-24(28)19-10-8-17(9-11-19)13-25(29)23-15-30-16-27-23/h1-7,12,15-17,19H,8-11,13-14H2. The Labute approximate surface area is 175 Å². The molecule has 0 unspecified atom stereocenters. The molecule has 4 nitrogen and oxygen atoms in total. The van der Waals surface area contributed by atoms with Gasteiger partial charge in [-0.05, 0) is 48.8 Å². The number of halogens is 1. The molecule has 1 heterocycles. The largest absolute Gasteiger partial charge is 0.451 e. The number of hydrogen-bond acceptors (Lipinski definition) is 4. The summed E-state index contributed by atoms with van der Waals surface area (Å²) in [6, 6.07) is 14.2. The minimum Gasteiger partial charge on any atom is -0.451 e. The molecule has 0 amide bonds. The van der Waals surface area contributed by atoms with Crippen LogP contribution in [-0.2, 0) is 11.2 Å². The Kier molecular flexibility index (Phi) is 6.17. The molecule has 1 fully saturated rings. The molecule has 0 saturated heterocycles. The zero-order valence-electron chi connectivity index (χ0n) is 16.7. The van der Waals surface area contributed by atoms with E-state index in [9.17, 15) is 14.0 Å². The lowest BCUT2D eigenvalue weighted by molar-refractivity contribution is -0.123. The molecule has 3 aromatic rings. The van der Waals surface area contributed by atoms with E-state index < -0.39 is 0 Å². The summed E-state index contributed by atoms with van der Waals surface area (Å²) in [5.74, 6) is 0.285. The van der Waals surface area contributed by atoms with Crippen LogP contribution in [0.25, 0.3) is 11.1 Å². The Balaban J connectivity index is 1.33. The predicted octanol–water partition coefficient (Wildman–Crippen LogP) is 5.67. The van der Waals surface area contributed by atoms with Gasteiger partial charge in [-0.25, -0.2) is 9.37 Å². The van der Waals surface area contributed by atoms with Crippen molar-refractivity contribution >= 4 is 11.6 Å². The summed E-state index contributed by atoms with van der Waals surface area (Å²) in [4.78, 5) is 28.9. The summed E-state index contributed by atoms with van der Waals surface area (Å²) in [5.41, 5.74) is 2.62. The van der Waals surface area contributed by atoms with Gasteiger partial charge in [-0.2, -0.15) is 0 Å². The number of ketones is 2. The number of carbonyl (C=O) groups excluding carboxylic acids is 2. The third kappa shape index (κ3) is 4.73. The molecule has 0 spiro atoms. The fourth-order valence-corrected chi connectivity index (χ4v) is 4.30. The van der Waals surface area contributed by atoms with E-state index in [0.29, 0.717) is 30.0 Å². The van der Waals surface area contributed by atoms with Gasteiger partial charge in [-0.1, -0.05) is 42.5 Å². The maximum Gasteiger partial charge on any atom is 0.184 e. The first-order chi connectivity index (χ1) is 14.6. The fraction of sp³-hybridized carbons (Fsp3) is 0.320. The van der Waals surface area contributed by atoms with Crippen LogP contribution in [0.3, 0.4) is 0 Å². The average molecular weight is 405 g/mol. The molecular weight excluding hydrogens is 381 g/mol. The molecule has 4 rings (SSSR count). The number of oxazole rings is 1. The molecule has 5 heteroatoms. The van der Waals surface area contributed by atoms with Gasteiger partial charge in [-0.3, -0.25) is 9.59 Å². The summed E-state index contributed by atoms with van der Waals surface area (Å²) < 4.78 is 19.0. The van der Waals surface area contributed by atoms with E-state index in [2.05, 4.69) is 4.98 Å². The van der Waals surface area contributed by atoms with Gasteiger partial charge in [-0.15, -0.1) is 0 Å². The molecule has 0 N–H and O–H groups in total. The van der Waals surface area contributed by atoms with Crippen LogP contribution >= 0.6 is 0 Å². The van der Waals surface area contributed by atoms with E-state index in [1.807, 2.05) is 30.3 Å². The molecule has 1 aliphatic carbocycles. The number of nitrogens with zero attached hydrogens (tertiary/aromatic N) is 1. The Hall–Kier alpha value is -3.08. The third-order valence-corrected chi connectivity index (χ3v) is 5.98. The molecule has 0 aliphatic heterocycles. The van der Waals surface area contributed by atoms with Crippen molar-refractivity contribution in [2.24, 2.45) is 11.8 Å². The number of Topliss-reactive ketones (excluding diaryl/α,β-unsaturated/α-hetero) is 2. The molecule has 154 valence electrons. The van der Waals surface area contributed by atoms with E-state index in [4.69, 9.17) is 4.42 Å². The van der Waals surface area contributed by atoms with E-state index >= 15 is 0 Å². The first kappa shape index (κ1) is 20.2. The molecular formula is C25H24FNO3. The van der Waals surface area contributed by atoms with Gasteiger partial charge in [0.1, 0.15) is 23.6 Å². The Morgan fingerprint density at radius 1 is 1.03 bits per heavy atom. The van der Waals surface area contributed by atoms with Crippen LogP contribution in [0.4, 0.5) is 4.39 Å². The van der Waals surface area contributed by atoms with Gasteiger partial charge in [0, 0.05) is 24.3 Å². The van der Waals surface area contributed by atoms with Gasteiger partial charge in [0.05, 0.1) is 0 Å². The van der Waals surface area contributed by atoms with Crippen molar-refractivity contribution in [2.45, 2.75) is 38.5 Å². The van der Waals surface area contributed by atoms with Crippen LogP contribution < -0.4 is 0 Å². The maximum atomic E-state index is 14.1. The van der Waals surface area contributed by atoms with E-state index in [1.54, 1.807) is 12.1 Å². The monoisotopic (exact) mass is 405 g/mol. The van der Waals surface area contributed by atoms with Crippen LogP contribution in [0, 0.1) is 17.7 Å². The smallest absolute Gasteiger partial charge is 0.184 e. The molecule has 1 aromatic heterocycles. The number of aromatic nitrogens is 1. The van der Waals surface area contributed by atoms with Crippen LogP contribution in [0.5, 0.6) is 0 Å². The summed E-state index contributed by atoms with van der Waals surface area (Å²) >= 11 is 0. The molecule has 1 aliphatic rings. The lowest BCUT2D eigenvalue weighted by atomic mass is 9.77. The van der Waals surface area contributed by atoms with Crippen LogP contribution in [0.15, 0.2) is 65.6 Å². The number of hydrogen-bond donors (Lipinski definition) is 0. The summed E-state index contributed by atoms with van der Waals surface area (Å²) in [6.07, 6.45) is 6.82. The van der Waals surface area contributed by atoms with E-state index in [1.165, 1.54) is 18.7 Å². The first-order valence-electron chi connectivity index (χ1n) is 10.4. The highest BCUT2D eigenvalue weighted by atomic mass is 19.1. The van der Waals surface area contributed by atoms with Gasteiger partial charge >= 0.3 is 0 Å². The molecule has 0 atom stereocenters. The Bertz CT molecular complexity index is 1020. The normalized spacial score (nSPS) is 18.8. The Morgan fingerprint density at radius 2 is 1.83 bits per heavy atom. The summed E-state index contributed by atoms with van der Waals surface area (Å²) in [6.45, 7) is 0. The lowest BCUT2D eigenvalue weighted by Gasteiger charge is -2.27. The average Bonchev–Trinajstić information content (AvgIpc) is 3.30. The molecule has 1 saturated carbocycles. The van der Waals surface area contributed by atoms with Gasteiger partial charge in [0.15, 0.2) is 12.2 Å². The van der Waals surface area contributed by atoms with E-state index in [0.717, 1.165) is 36.8 Å². The highest BCUT2D eigenvalue weighted by Crippen LogP contribution is 2.33. The molecule has 0 radical (unpaired) electrons. The molecule has 0 bridgehead atoms. The molecule has 2 aromatic carbocycles. The van der Waals surface area contributed by atoms with Crippen LogP contribution in [-0.4, -0.2) is 16.6 Å². The first-order valence-corrected chi connectivity index (χ1v) is 10.4. The summed E-state index contributed by atoms with van der Waals surface area (Å²) in [7, 11) is 0. The highest BCUT2D eigenvalue weighted by Gasteiger charge is 2.28. The van der Waals surface area contributed by atoms with Crippen molar-refractivity contribution in [3.63, 3.8) is 0 Å². The zero-order valence-corrected chi connectivity index (χ0v) is 16.7. The maximum absolute atomic E-state index is 14.1. The SMILES string of the molecule is O=C(CC1CCC(C(=O)Cc2cccc(-c3ccccc3F)c2)CC1)c1cocn1. The second-order valence-corrected chi connectivity index (χ2v) is 8.04. The predicted molar refractivity (Wildman–Crippen MR) is 111 cm³/mol. The second kappa shape index (κ2) is 9.16. The van der Waals surface area contributed by atoms with E-state index in [-0.39, 0.29) is 23.3 Å². The highest BCUT2D eigenvalue weighted by molar-refractivity contribution is 5.94. The zero-order chi connectivity index (χ0) is 20.9. The second-order valence-electron chi connectivity index (χ2n) is 8.04. The number of benzene rings is 2. The summed E-state index contributed by atoms with van der Waals surface area (Å²) in [5, 5.41) is 0. The topological polar surface area (TPSA) is 60.2 Å². The Morgan fingerprint density at radius 3 is 2.57 bits per heavy atom. The van der Waals surface area contributed by atoms with Gasteiger partial charge in [0.25, 0.3) is 0 Å². The van der Waals surface area contributed by atoms with Crippen molar-refractivity contribution in [2.75, 3.05) is 0 Å². The number of rotatable bonds is 7. The van der Waals surface area contributed by atoms with Crippen LogP contribution in [0.1, 0.15) is 48.2 Å². The lowest BCUT2D eigenvalue weighted by Crippen LogP contribution is -2.24. The van der Waals surface area contributed by atoms with Crippen molar-refractivity contribution in [3.8, 4) is 11.1 Å². The molecule has 30 heavy (non-hydrogen) atoms.